The van der Waals surface area contributed by atoms with Crippen molar-refractivity contribution in [2.24, 2.45) is 5.92 Å². The Morgan fingerprint density at radius 1 is 1.29 bits per heavy atom. The van der Waals surface area contributed by atoms with Gasteiger partial charge in [0.15, 0.2) is 11.5 Å². The summed E-state index contributed by atoms with van der Waals surface area (Å²) in [5.41, 5.74) is 0.505. The number of ether oxygens (including phenoxy) is 1. The topological polar surface area (TPSA) is 102 Å². The predicted molar refractivity (Wildman–Crippen MR) is 121 cm³/mol. The van der Waals surface area contributed by atoms with Gasteiger partial charge >= 0.3 is 5.97 Å². The van der Waals surface area contributed by atoms with Gasteiger partial charge in [-0.2, -0.15) is 0 Å². The number of aliphatic carboxylic acids is 1. The fourth-order valence-electron chi connectivity index (χ4n) is 6.70. The minimum absolute atomic E-state index is 0. The Morgan fingerprint density at radius 3 is 2.65 bits per heavy atom. The lowest BCUT2D eigenvalue weighted by Crippen LogP contribution is -2.78. The molecule has 9 heteroatoms. The molecule has 0 unspecified atom stereocenters. The summed E-state index contributed by atoms with van der Waals surface area (Å²) >= 11 is 0. The third-order valence-electron chi connectivity index (χ3n) is 8.06. The normalized spacial score (nSPS) is 36.0. The Hall–Kier alpha value is -1.25. The molecule has 2 aliphatic heterocycles. The van der Waals surface area contributed by atoms with Gasteiger partial charge in [-0.25, -0.2) is 0 Å². The first-order valence-electron chi connectivity index (χ1n) is 10.6. The molecule has 1 saturated heterocycles. The number of aliphatic hydroxyl groups is 1. The molecule has 1 spiro atoms. The van der Waals surface area contributed by atoms with E-state index in [1.165, 1.54) is 0 Å². The average Bonchev–Trinajstić information content (AvgIpc) is 3.01. The van der Waals surface area contributed by atoms with Crippen molar-refractivity contribution in [1.29, 1.82) is 0 Å². The highest BCUT2D eigenvalue weighted by molar-refractivity contribution is 5.85. The predicted octanol–water partition coefficient (Wildman–Crippen LogP) is 2.09. The summed E-state index contributed by atoms with van der Waals surface area (Å²) in [5.74, 6) is -0.360. The Kier molecular flexibility index (Phi) is 6.26. The second kappa shape index (κ2) is 7.96. The molecule has 1 aromatic rings. The number of piperidine rings is 1. The number of aromatic hydroxyl groups is 1. The lowest BCUT2D eigenvalue weighted by Gasteiger charge is -2.63. The van der Waals surface area contributed by atoms with Gasteiger partial charge in [-0.15, -0.1) is 24.8 Å². The van der Waals surface area contributed by atoms with Crippen LogP contribution in [0.3, 0.4) is 0 Å². The first-order chi connectivity index (χ1) is 13.7. The molecule has 2 bridgehead atoms. The summed E-state index contributed by atoms with van der Waals surface area (Å²) in [6.45, 7) is 4.62. The van der Waals surface area contributed by atoms with Gasteiger partial charge in [0.2, 0.25) is 0 Å². The molecule has 6 atom stereocenters. The van der Waals surface area contributed by atoms with Crippen LogP contribution in [0.4, 0.5) is 0 Å². The lowest BCUT2D eigenvalue weighted by molar-refractivity contribution is -0.188. The average molecular weight is 475 g/mol. The maximum Gasteiger partial charge on any atom is 0.320 e. The molecule has 0 amide bonds. The number of halogens is 2. The Labute approximate surface area is 195 Å². The Balaban J connectivity index is 0.00000136. The molecule has 2 aliphatic carbocycles. The van der Waals surface area contributed by atoms with E-state index in [1.807, 2.05) is 19.9 Å². The van der Waals surface area contributed by atoms with E-state index >= 15 is 0 Å². The zero-order chi connectivity index (χ0) is 20.7. The Morgan fingerprint density at radius 2 is 2.00 bits per heavy atom. The highest BCUT2D eigenvalue weighted by Gasteiger charge is 2.72. The van der Waals surface area contributed by atoms with E-state index in [-0.39, 0.29) is 48.6 Å². The van der Waals surface area contributed by atoms with Crippen LogP contribution in [0.1, 0.15) is 44.2 Å². The van der Waals surface area contributed by atoms with E-state index in [2.05, 4.69) is 17.3 Å². The van der Waals surface area contributed by atoms with Crippen molar-refractivity contribution in [3.05, 3.63) is 23.3 Å². The fraction of sp³-hybridized carbons (Fsp3) is 0.682. The third kappa shape index (κ3) is 3.00. The maximum absolute atomic E-state index is 12.1. The molecule has 4 N–H and O–H groups in total. The molecule has 0 aromatic heterocycles. The van der Waals surface area contributed by atoms with Gasteiger partial charge in [0.1, 0.15) is 12.1 Å². The maximum atomic E-state index is 12.1. The standard InChI is InChI=1S/C22H30N2O5.2ClH/c1-11(2)17(20(26)27)23-13-6-7-22(28)15-10-12-4-5-14(25)18-16(12)21(22,19(13)29-18)8-9-24(15)3;;/h4-5,11,13,15,17,19,23,25,28H,6-10H2,1-3H3,(H,26,27);2*1H/t13-,15+,17+,19-,21-,22+;;/m0../s1. The van der Waals surface area contributed by atoms with Crippen LogP contribution in [0.25, 0.3) is 0 Å². The van der Waals surface area contributed by atoms with Gasteiger partial charge in [-0.05, 0) is 56.8 Å². The minimum Gasteiger partial charge on any atom is -0.504 e. The quantitative estimate of drug-likeness (QED) is 0.529. The number of nitrogens with zero attached hydrogens (tertiary/aromatic N) is 1. The minimum atomic E-state index is -0.953. The molecule has 0 radical (unpaired) electrons. The summed E-state index contributed by atoms with van der Waals surface area (Å²) in [6, 6.07) is 2.73. The largest absolute Gasteiger partial charge is 0.504 e. The molecule has 2 fully saturated rings. The van der Waals surface area contributed by atoms with Crippen molar-refractivity contribution in [3.63, 3.8) is 0 Å². The van der Waals surface area contributed by atoms with Crippen molar-refractivity contribution < 1.29 is 24.9 Å². The third-order valence-corrected chi connectivity index (χ3v) is 8.06. The summed E-state index contributed by atoms with van der Waals surface area (Å²) in [5, 5.41) is 35.7. The van der Waals surface area contributed by atoms with Crippen LogP contribution in [0.2, 0.25) is 0 Å². The van der Waals surface area contributed by atoms with Crippen molar-refractivity contribution in [2.45, 2.75) is 74.8 Å². The number of phenolic OH excluding ortho intramolecular Hbond substituents is 1. The zero-order valence-electron chi connectivity index (χ0n) is 18.0. The summed E-state index contributed by atoms with van der Waals surface area (Å²) < 4.78 is 6.40. The molecule has 174 valence electrons. The Bertz CT molecular complexity index is 884. The number of benzene rings is 1. The molecule has 4 aliphatic rings. The van der Waals surface area contributed by atoms with Gasteiger partial charge in [0.25, 0.3) is 0 Å². The summed E-state index contributed by atoms with van der Waals surface area (Å²) in [4.78, 5) is 14.1. The number of rotatable bonds is 4. The second-order valence-electron chi connectivity index (χ2n) is 9.70. The van der Waals surface area contributed by atoms with Crippen LogP contribution in [-0.2, 0) is 16.6 Å². The number of carboxylic acid groups (broad SMARTS) is 1. The van der Waals surface area contributed by atoms with Crippen LogP contribution in [0.5, 0.6) is 11.5 Å². The van der Waals surface area contributed by atoms with E-state index in [1.54, 1.807) is 6.07 Å². The molecule has 1 aromatic carbocycles. The van der Waals surface area contributed by atoms with E-state index in [0.717, 1.165) is 30.5 Å². The molecular formula is C22H32Cl2N2O5. The van der Waals surface area contributed by atoms with E-state index in [0.29, 0.717) is 18.6 Å². The van der Waals surface area contributed by atoms with Crippen LogP contribution in [0.15, 0.2) is 12.1 Å². The van der Waals surface area contributed by atoms with Gasteiger partial charge in [0, 0.05) is 17.6 Å². The second-order valence-corrected chi connectivity index (χ2v) is 9.70. The number of carbonyl (C=O) groups is 1. The van der Waals surface area contributed by atoms with Crippen molar-refractivity contribution >= 4 is 30.8 Å². The van der Waals surface area contributed by atoms with E-state index < -0.39 is 29.1 Å². The van der Waals surface area contributed by atoms with Crippen molar-refractivity contribution in [3.8, 4) is 11.5 Å². The molecule has 1 saturated carbocycles. The monoisotopic (exact) mass is 474 g/mol. The molecule has 7 nitrogen and oxygen atoms in total. The van der Waals surface area contributed by atoms with Gasteiger partial charge < -0.3 is 25.0 Å². The van der Waals surface area contributed by atoms with Gasteiger partial charge in [-0.3, -0.25) is 10.1 Å². The molecule has 31 heavy (non-hydrogen) atoms. The number of hydrogen-bond acceptors (Lipinski definition) is 6. The van der Waals surface area contributed by atoms with Gasteiger partial charge in [-0.1, -0.05) is 19.9 Å². The smallest absolute Gasteiger partial charge is 0.320 e. The first kappa shape index (κ1) is 24.4. The van der Waals surface area contributed by atoms with E-state index in [4.69, 9.17) is 4.74 Å². The zero-order valence-corrected chi connectivity index (χ0v) is 19.6. The number of nitrogens with one attached hydrogen (secondary N) is 1. The first-order valence-corrected chi connectivity index (χ1v) is 10.6. The molecule has 2 heterocycles. The van der Waals surface area contributed by atoms with E-state index in [9.17, 15) is 20.1 Å². The highest BCUT2D eigenvalue weighted by Crippen LogP contribution is 2.65. The molecular weight excluding hydrogens is 443 g/mol. The highest BCUT2D eigenvalue weighted by atomic mass is 35.5. The lowest BCUT2D eigenvalue weighted by atomic mass is 9.48. The van der Waals surface area contributed by atoms with Crippen molar-refractivity contribution in [2.75, 3.05) is 13.6 Å². The van der Waals surface area contributed by atoms with Gasteiger partial charge in [0.05, 0.1) is 11.0 Å². The van der Waals surface area contributed by atoms with Crippen LogP contribution in [0, 0.1) is 5.92 Å². The summed E-state index contributed by atoms with van der Waals surface area (Å²) in [7, 11) is 2.07. The van der Waals surface area contributed by atoms with Crippen molar-refractivity contribution in [1.82, 2.24) is 10.2 Å². The number of carboxylic acids is 1. The molecule has 5 rings (SSSR count). The summed E-state index contributed by atoms with van der Waals surface area (Å²) in [6.07, 6.45) is 2.27. The van der Waals surface area contributed by atoms with Crippen LogP contribution < -0.4 is 10.1 Å². The number of likely N-dealkylation sites (N-methyl/N-ethyl adjacent to an activating group) is 1. The number of likely N-dealkylation sites (tertiary alicyclic amines) is 1. The van der Waals surface area contributed by atoms with Crippen LogP contribution in [-0.4, -0.2) is 69.6 Å². The number of phenols is 1. The van der Waals surface area contributed by atoms with Crippen LogP contribution >= 0.6 is 24.8 Å². The fourth-order valence-corrected chi connectivity index (χ4v) is 6.70. The number of hydrogen-bond donors (Lipinski definition) is 4. The SMILES string of the molecule is CC(C)[C@@H](N[C@H]1CC[C@@]2(O)[C@H]3Cc4ccc(O)c5c4[C@@]2(CCN3C)[C@H]1O5)C(=O)O.Cl.Cl.